The van der Waals surface area contributed by atoms with Crippen molar-refractivity contribution in [1.29, 1.82) is 0 Å². The third-order valence-corrected chi connectivity index (χ3v) is 3.07. The highest BCUT2D eigenvalue weighted by molar-refractivity contribution is 5.96. The van der Waals surface area contributed by atoms with Gasteiger partial charge in [-0.1, -0.05) is 30.9 Å². The van der Waals surface area contributed by atoms with Crippen LogP contribution in [-0.4, -0.2) is 43.9 Å². The van der Waals surface area contributed by atoms with Crippen molar-refractivity contribution in [3.63, 3.8) is 0 Å². The third kappa shape index (κ3) is 4.62. The topological polar surface area (TPSA) is 75.4 Å². The van der Waals surface area contributed by atoms with E-state index < -0.39 is 0 Å². The molecule has 0 saturated carbocycles. The van der Waals surface area contributed by atoms with Gasteiger partial charge in [0, 0.05) is 26.2 Å². The third-order valence-electron chi connectivity index (χ3n) is 3.07. The van der Waals surface area contributed by atoms with Gasteiger partial charge in [0.05, 0.1) is 18.0 Å². The number of amides is 2. The first-order chi connectivity index (χ1) is 10.0. The number of benzene rings is 1. The van der Waals surface area contributed by atoms with E-state index in [0.717, 1.165) is 0 Å². The Bertz CT molecular complexity index is 572. The number of hydrogen-bond acceptors (Lipinski definition) is 3. The molecule has 5 heteroatoms. The van der Waals surface area contributed by atoms with Gasteiger partial charge >= 0.3 is 0 Å². The number of nitrogens with two attached hydrogens (primary N) is 1. The number of nitrogens with one attached hydrogen (secondary N) is 1. The molecule has 1 atom stereocenters. The highest BCUT2D eigenvalue weighted by atomic mass is 16.2. The second-order valence-corrected chi connectivity index (χ2v) is 4.75. The van der Waals surface area contributed by atoms with Crippen LogP contribution in [-0.2, 0) is 4.79 Å². The van der Waals surface area contributed by atoms with Gasteiger partial charge in [0.2, 0.25) is 5.91 Å². The molecule has 3 N–H and O–H groups in total. The van der Waals surface area contributed by atoms with Crippen LogP contribution in [0.5, 0.6) is 0 Å². The molecule has 1 rings (SSSR count). The van der Waals surface area contributed by atoms with E-state index in [1.165, 1.54) is 4.90 Å². The minimum absolute atomic E-state index is 0.0918. The lowest BCUT2D eigenvalue weighted by Crippen LogP contribution is -2.37. The summed E-state index contributed by atoms with van der Waals surface area (Å²) in [5.41, 5.74) is 6.53. The van der Waals surface area contributed by atoms with E-state index in [1.54, 1.807) is 39.2 Å². The summed E-state index contributed by atoms with van der Waals surface area (Å²) in [6.45, 7) is 2.37. The van der Waals surface area contributed by atoms with Crippen molar-refractivity contribution in [2.75, 3.05) is 27.2 Å². The highest BCUT2D eigenvalue weighted by Crippen LogP contribution is 2.11. The van der Waals surface area contributed by atoms with Gasteiger partial charge in [-0.25, -0.2) is 0 Å². The zero-order valence-electron chi connectivity index (χ0n) is 12.6. The monoisotopic (exact) mass is 287 g/mol. The Morgan fingerprint density at radius 2 is 2.05 bits per heavy atom. The molecule has 21 heavy (non-hydrogen) atoms. The first kappa shape index (κ1) is 16.7. The van der Waals surface area contributed by atoms with Crippen LogP contribution in [0.15, 0.2) is 24.3 Å². The molecule has 0 spiro atoms. The first-order valence-electron chi connectivity index (χ1n) is 6.76. The molecule has 1 aromatic carbocycles. The number of carbonyl (C=O) groups excluding carboxylic acids is 2. The van der Waals surface area contributed by atoms with Gasteiger partial charge in [-0.15, -0.1) is 0 Å². The molecule has 0 fully saturated rings. The van der Waals surface area contributed by atoms with Gasteiger partial charge in [0.25, 0.3) is 5.91 Å². The molecule has 5 nitrogen and oxygen atoms in total. The van der Waals surface area contributed by atoms with Gasteiger partial charge in [-0.3, -0.25) is 9.59 Å². The second kappa shape index (κ2) is 8.08. The molecule has 0 heterocycles. The minimum atomic E-state index is -0.272. The fraction of sp³-hybridized carbons (Fsp3) is 0.375. The minimum Gasteiger partial charge on any atom is -0.359 e. The Labute approximate surface area is 125 Å². The molecule has 0 aliphatic heterocycles. The van der Waals surface area contributed by atoms with E-state index in [2.05, 4.69) is 17.2 Å². The standard InChI is InChI=1S/C16H21N3O2/c1-12(15(20)18-2)11-19(3)16(21)14-9-5-4-7-13(14)8-6-10-17/h4-5,7,9,12H,10-11,17H2,1-3H3,(H,18,20). The largest absolute Gasteiger partial charge is 0.359 e. The number of hydrogen-bond donors (Lipinski definition) is 2. The maximum atomic E-state index is 12.5. The summed E-state index contributed by atoms with van der Waals surface area (Å²) in [4.78, 5) is 25.5. The van der Waals surface area contributed by atoms with Crippen molar-refractivity contribution >= 4 is 11.8 Å². The Kier molecular flexibility index (Phi) is 6.44. The molecule has 0 aromatic heterocycles. The average molecular weight is 287 g/mol. The maximum Gasteiger partial charge on any atom is 0.254 e. The van der Waals surface area contributed by atoms with Gasteiger partial charge in [-0.05, 0) is 12.1 Å². The van der Waals surface area contributed by atoms with Gasteiger partial charge < -0.3 is 16.0 Å². The van der Waals surface area contributed by atoms with Crippen molar-refractivity contribution in [2.45, 2.75) is 6.92 Å². The number of rotatable bonds is 4. The van der Waals surface area contributed by atoms with E-state index >= 15 is 0 Å². The summed E-state index contributed by atoms with van der Waals surface area (Å²) in [5.74, 6) is 5.12. The SMILES string of the molecule is CNC(=O)C(C)CN(C)C(=O)c1ccccc1C#CCN. The van der Waals surface area contributed by atoms with E-state index in [0.29, 0.717) is 17.7 Å². The van der Waals surface area contributed by atoms with Crippen molar-refractivity contribution in [3.8, 4) is 11.8 Å². The molecule has 0 aliphatic carbocycles. The van der Waals surface area contributed by atoms with Crippen LogP contribution in [0.2, 0.25) is 0 Å². The summed E-state index contributed by atoms with van der Waals surface area (Å²) in [6, 6.07) is 7.12. The normalized spacial score (nSPS) is 11.0. The van der Waals surface area contributed by atoms with Crippen LogP contribution in [0.4, 0.5) is 0 Å². The molecule has 0 bridgehead atoms. The van der Waals surface area contributed by atoms with Crippen LogP contribution < -0.4 is 11.1 Å². The molecular weight excluding hydrogens is 266 g/mol. The van der Waals surface area contributed by atoms with Crippen LogP contribution in [0.1, 0.15) is 22.8 Å². The van der Waals surface area contributed by atoms with Crippen LogP contribution in [0.3, 0.4) is 0 Å². The highest BCUT2D eigenvalue weighted by Gasteiger charge is 2.19. The van der Waals surface area contributed by atoms with Gasteiger partial charge in [-0.2, -0.15) is 0 Å². The lowest BCUT2D eigenvalue weighted by Gasteiger charge is -2.21. The fourth-order valence-electron chi connectivity index (χ4n) is 1.95. The smallest absolute Gasteiger partial charge is 0.254 e. The Morgan fingerprint density at radius 1 is 1.38 bits per heavy atom. The summed E-state index contributed by atoms with van der Waals surface area (Å²) in [5, 5.41) is 2.57. The van der Waals surface area contributed by atoms with Crippen LogP contribution >= 0.6 is 0 Å². The van der Waals surface area contributed by atoms with Crippen molar-refractivity contribution in [3.05, 3.63) is 35.4 Å². The van der Waals surface area contributed by atoms with Gasteiger partial charge in [0.1, 0.15) is 0 Å². The van der Waals surface area contributed by atoms with Crippen LogP contribution in [0.25, 0.3) is 0 Å². The zero-order valence-corrected chi connectivity index (χ0v) is 12.6. The molecule has 1 aromatic rings. The molecular formula is C16H21N3O2. The maximum absolute atomic E-state index is 12.5. The van der Waals surface area contributed by atoms with Crippen LogP contribution in [0, 0.1) is 17.8 Å². The van der Waals surface area contributed by atoms with E-state index in [4.69, 9.17) is 5.73 Å². The average Bonchev–Trinajstić information content (AvgIpc) is 2.51. The summed E-state index contributed by atoms with van der Waals surface area (Å²) in [7, 11) is 3.26. The molecule has 2 amide bonds. The molecule has 0 saturated heterocycles. The summed E-state index contributed by atoms with van der Waals surface area (Å²) < 4.78 is 0. The van der Waals surface area contributed by atoms with E-state index in [9.17, 15) is 9.59 Å². The molecule has 112 valence electrons. The summed E-state index contributed by atoms with van der Waals surface area (Å²) >= 11 is 0. The van der Waals surface area contributed by atoms with E-state index in [-0.39, 0.29) is 24.3 Å². The Balaban J connectivity index is 2.90. The van der Waals surface area contributed by atoms with Crippen molar-refractivity contribution in [1.82, 2.24) is 10.2 Å². The zero-order chi connectivity index (χ0) is 15.8. The predicted octanol–water partition coefficient (Wildman–Crippen LogP) is 0.451. The quantitative estimate of drug-likeness (QED) is 0.790. The fourth-order valence-corrected chi connectivity index (χ4v) is 1.95. The Hall–Kier alpha value is -2.32. The molecule has 0 aliphatic rings. The number of carbonyl (C=O) groups is 2. The predicted molar refractivity (Wildman–Crippen MR) is 82.6 cm³/mol. The second-order valence-electron chi connectivity index (χ2n) is 4.75. The summed E-state index contributed by atoms with van der Waals surface area (Å²) in [6.07, 6.45) is 0. The van der Waals surface area contributed by atoms with Gasteiger partial charge in [0.15, 0.2) is 0 Å². The Morgan fingerprint density at radius 3 is 2.67 bits per heavy atom. The van der Waals surface area contributed by atoms with Crippen molar-refractivity contribution in [2.24, 2.45) is 11.7 Å². The lowest BCUT2D eigenvalue weighted by atomic mass is 10.1. The lowest BCUT2D eigenvalue weighted by molar-refractivity contribution is -0.124. The molecule has 1 unspecified atom stereocenters. The van der Waals surface area contributed by atoms with Crippen molar-refractivity contribution < 1.29 is 9.59 Å². The first-order valence-corrected chi connectivity index (χ1v) is 6.76. The molecule has 0 radical (unpaired) electrons. The van der Waals surface area contributed by atoms with E-state index in [1.807, 2.05) is 6.07 Å². The number of nitrogens with zero attached hydrogens (tertiary/aromatic N) is 1.